The standard InChI is InChI=1S/C13H23N5O3/c1-9(2)5-13(4,8-14)16-12(19)7-17-6-11(18(20)21)15-10(17)3/h6,9H,5,7-8,14H2,1-4H3,(H,16,19). The summed E-state index contributed by atoms with van der Waals surface area (Å²) in [6.45, 7) is 7.96. The van der Waals surface area contributed by atoms with Gasteiger partial charge in [0.1, 0.15) is 12.7 Å². The molecule has 1 aromatic rings. The second kappa shape index (κ2) is 6.66. The van der Waals surface area contributed by atoms with Gasteiger partial charge in [-0.05, 0) is 29.2 Å². The zero-order chi connectivity index (χ0) is 16.2. The third kappa shape index (κ3) is 4.82. The van der Waals surface area contributed by atoms with Gasteiger partial charge in [-0.15, -0.1) is 0 Å². The van der Waals surface area contributed by atoms with Crippen molar-refractivity contribution in [3.63, 3.8) is 0 Å². The predicted octanol–water partition coefficient (Wildman–Crippen LogP) is 0.979. The van der Waals surface area contributed by atoms with E-state index in [0.717, 1.165) is 6.42 Å². The van der Waals surface area contributed by atoms with E-state index in [4.69, 9.17) is 5.73 Å². The minimum absolute atomic E-state index is 0.0135. The van der Waals surface area contributed by atoms with Crippen molar-refractivity contribution in [2.24, 2.45) is 11.7 Å². The summed E-state index contributed by atoms with van der Waals surface area (Å²) in [6.07, 6.45) is 2.02. The lowest BCUT2D eigenvalue weighted by Gasteiger charge is -2.31. The lowest BCUT2D eigenvalue weighted by atomic mass is 9.91. The fourth-order valence-corrected chi connectivity index (χ4v) is 2.36. The van der Waals surface area contributed by atoms with E-state index >= 15 is 0 Å². The molecule has 118 valence electrons. The Morgan fingerprint density at radius 2 is 2.24 bits per heavy atom. The van der Waals surface area contributed by atoms with Crippen LogP contribution in [0.1, 0.15) is 33.0 Å². The number of nitrogens with two attached hydrogens (primary N) is 1. The summed E-state index contributed by atoms with van der Waals surface area (Å²) in [6, 6.07) is 0. The lowest BCUT2D eigenvalue weighted by molar-refractivity contribution is -0.389. The van der Waals surface area contributed by atoms with Crippen LogP contribution >= 0.6 is 0 Å². The summed E-state index contributed by atoms with van der Waals surface area (Å²) in [5.41, 5.74) is 5.27. The first-order valence-electron chi connectivity index (χ1n) is 6.86. The van der Waals surface area contributed by atoms with E-state index in [1.165, 1.54) is 10.8 Å². The molecule has 1 atom stereocenters. The molecule has 1 unspecified atom stereocenters. The van der Waals surface area contributed by atoms with Crippen LogP contribution in [0.15, 0.2) is 6.20 Å². The van der Waals surface area contributed by atoms with E-state index < -0.39 is 10.5 Å². The molecule has 0 spiro atoms. The lowest BCUT2D eigenvalue weighted by Crippen LogP contribution is -2.53. The van der Waals surface area contributed by atoms with Crippen LogP contribution in [-0.4, -0.2) is 32.5 Å². The Kier molecular flexibility index (Phi) is 5.42. The van der Waals surface area contributed by atoms with Crippen LogP contribution in [-0.2, 0) is 11.3 Å². The summed E-state index contributed by atoms with van der Waals surface area (Å²) in [5, 5.41) is 13.6. The molecule has 1 heterocycles. The molecule has 0 saturated heterocycles. The van der Waals surface area contributed by atoms with E-state index in [-0.39, 0.29) is 18.3 Å². The van der Waals surface area contributed by atoms with Crippen LogP contribution in [0.5, 0.6) is 0 Å². The summed E-state index contributed by atoms with van der Waals surface area (Å²) >= 11 is 0. The highest BCUT2D eigenvalue weighted by molar-refractivity contribution is 5.76. The quantitative estimate of drug-likeness (QED) is 0.575. The molecule has 0 aromatic carbocycles. The molecule has 3 N–H and O–H groups in total. The van der Waals surface area contributed by atoms with Crippen LogP contribution in [0.4, 0.5) is 5.82 Å². The zero-order valence-electron chi connectivity index (χ0n) is 12.9. The van der Waals surface area contributed by atoms with Gasteiger partial charge in [0.05, 0.1) is 0 Å². The molecule has 21 heavy (non-hydrogen) atoms. The second-order valence-electron chi connectivity index (χ2n) is 5.94. The van der Waals surface area contributed by atoms with Crippen molar-refractivity contribution in [2.75, 3.05) is 6.54 Å². The van der Waals surface area contributed by atoms with Crippen molar-refractivity contribution >= 4 is 11.7 Å². The van der Waals surface area contributed by atoms with E-state index in [9.17, 15) is 14.9 Å². The van der Waals surface area contributed by atoms with Crippen molar-refractivity contribution in [1.29, 1.82) is 0 Å². The second-order valence-corrected chi connectivity index (χ2v) is 5.94. The highest BCUT2D eigenvalue weighted by Gasteiger charge is 2.26. The first kappa shape index (κ1) is 17.1. The molecule has 0 fully saturated rings. The molecule has 0 radical (unpaired) electrons. The number of hydrogen-bond acceptors (Lipinski definition) is 5. The Labute approximate surface area is 123 Å². The molecule has 0 aliphatic carbocycles. The molecule has 8 heteroatoms. The van der Waals surface area contributed by atoms with Gasteiger partial charge in [-0.25, -0.2) is 0 Å². The Bertz CT molecular complexity index is 526. The average Bonchev–Trinajstić information content (AvgIpc) is 2.69. The van der Waals surface area contributed by atoms with Gasteiger partial charge in [-0.2, -0.15) is 0 Å². The van der Waals surface area contributed by atoms with Crippen molar-refractivity contribution in [3.05, 3.63) is 22.1 Å². The van der Waals surface area contributed by atoms with E-state index in [2.05, 4.69) is 24.1 Å². The number of aryl methyl sites for hydroxylation is 1. The van der Waals surface area contributed by atoms with Gasteiger partial charge in [0.15, 0.2) is 0 Å². The van der Waals surface area contributed by atoms with Gasteiger partial charge in [0, 0.05) is 19.0 Å². The maximum atomic E-state index is 12.1. The number of carbonyl (C=O) groups is 1. The number of nitrogens with one attached hydrogen (secondary N) is 1. The fourth-order valence-electron chi connectivity index (χ4n) is 2.36. The number of carbonyl (C=O) groups excluding carboxylic acids is 1. The summed E-state index contributed by atoms with van der Waals surface area (Å²) < 4.78 is 1.46. The number of rotatable bonds is 7. The minimum Gasteiger partial charge on any atom is -0.358 e. The first-order chi connectivity index (χ1) is 9.66. The topological polar surface area (TPSA) is 116 Å². The number of aromatic nitrogens is 2. The summed E-state index contributed by atoms with van der Waals surface area (Å²) in [4.78, 5) is 26.0. The number of hydrogen-bond donors (Lipinski definition) is 2. The van der Waals surface area contributed by atoms with E-state index in [1.54, 1.807) is 6.92 Å². The maximum absolute atomic E-state index is 12.1. The Balaban J connectivity index is 2.75. The fraction of sp³-hybridized carbons (Fsp3) is 0.692. The van der Waals surface area contributed by atoms with Crippen LogP contribution in [0, 0.1) is 23.0 Å². The highest BCUT2D eigenvalue weighted by Crippen LogP contribution is 2.16. The van der Waals surface area contributed by atoms with Crippen LogP contribution in [0.2, 0.25) is 0 Å². The third-order valence-corrected chi connectivity index (χ3v) is 3.21. The molecule has 0 aliphatic rings. The summed E-state index contributed by atoms with van der Waals surface area (Å²) in [5.74, 6) is 0.327. The maximum Gasteiger partial charge on any atom is 0.381 e. The van der Waals surface area contributed by atoms with Gasteiger partial charge >= 0.3 is 5.82 Å². The average molecular weight is 297 g/mol. The SMILES string of the molecule is Cc1nc([N+](=O)[O-])cn1CC(=O)NC(C)(CN)CC(C)C. The molecule has 0 saturated carbocycles. The highest BCUT2D eigenvalue weighted by atomic mass is 16.6. The number of nitrogens with zero attached hydrogens (tertiary/aromatic N) is 3. The van der Waals surface area contributed by atoms with Crippen LogP contribution in [0.3, 0.4) is 0 Å². The number of amides is 1. The van der Waals surface area contributed by atoms with Gasteiger partial charge in [0.25, 0.3) is 0 Å². The molecule has 1 aromatic heterocycles. The van der Waals surface area contributed by atoms with Crippen molar-refractivity contribution in [3.8, 4) is 0 Å². The van der Waals surface area contributed by atoms with Gasteiger partial charge in [0.2, 0.25) is 11.7 Å². The van der Waals surface area contributed by atoms with Crippen LogP contribution < -0.4 is 11.1 Å². The molecular formula is C13H23N5O3. The first-order valence-corrected chi connectivity index (χ1v) is 6.86. The van der Waals surface area contributed by atoms with Gasteiger partial charge in [-0.1, -0.05) is 13.8 Å². The summed E-state index contributed by atoms with van der Waals surface area (Å²) in [7, 11) is 0. The largest absolute Gasteiger partial charge is 0.381 e. The molecule has 0 bridgehead atoms. The Hall–Kier alpha value is -1.96. The van der Waals surface area contributed by atoms with Gasteiger partial charge in [-0.3, -0.25) is 9.36 Å². The van der Waals surface area contributed by atoms with E-state index in [0.29, 0.717) is 18.3 Å². The van der Waals surface area contributed by atoms with Crippen molar-refractivity contribution in [1.82, 2.24) is 14.9 Å². The van der Waals surface area contributed by atoms with Crippen molar-refractivity contribution in [2.45, 2.75) is 46.2 Å². The molecule has 1 rings (SSSR count). The Morgan fingerprint density at radius 1 is 1.62 bits per heavy atom. The Morgan fingerprint density at radius 3 is 2.67 bits per heavy atom. The normalized spacial score (nSPS) is 14.0. The molecule has 1 amide bonds. The third-order valence-electron chi connectivity index (χ3n) is 3.21. The molecule has 8 nitrogen and oxygen atoms in total. The minimum atomic E-state index is -0.579. The zero-order valence-corrected chi connectivity index (χ0v) is 12.9. The van der Waals surface area contributed by atoms with E-state index in [1.807, 2.05) is 6.92 Å². The number of imidazole rings is 1. The molecule has 0 aliphatic heterocycles. The smallest absolute Gasteiger partial charge is 0.358 e. The van der Waals surface area contributed by atoms with Crippen LogP contribution in [0.25, 0.3) is 0 Å². The van der Waals surface area contributed by atoms with Crippen molar-refractivity contribution < 1.29 is 9.72 Å². The molecular weight excluding hydrogens is 274 g/mol. The monoisotopic (exact) mass is 297 g/mol. The van der Waals surface area contributed by atoms with Gasteiger partial charge < -0.3 is 21.2 Å². The number of nitro groups is 1. The predicted molar refractivity (Wildman–Crippen MR) is 78.7 cm³/mol.